The first-order valence-electron chi connectivity index (χ1n) is 8.90. The van der Waals surface area contributed by atoms with Crippen LogP contribution in [0.3, 0.4) is 0 Å². The van der Waals surface area contributed by atoms with Crippen molar-refractivity contribution >= 4 is 17.9 Å². The predicted molar refractivity (Wildman–Crippen MR) is 99.5 cm³/mol. The number of aromatic amines is 1. The highest BCUT2D eigenvalue weighted by atomic mass is 19.4. The molecule has 1 saturated heterocycles. The normalized spacial score (nSPS) is 14.4. The number of nitrogens with one attached hydrogen (secondary N) is 1. The van der Waals surface area contributed by atoms with Crippen LogP contribution in [-0.2, 0) is 11.0 Å². The topological polar surface area (TPSA) is 87.8 Å². The van der Waals surface area contributed by atoms with Gasteiger partial charge in [0.1, 0.15) is 11.5 Å². The Morgan fingerprint density at radius 3 is 2.57 bits per heavy atom. The van der Waals surface area contributed by atoms with Crippen LogP contribution in [0.4, 0.5) is 13.2 Å². The number of hydrazine groups is 1. The van der Waals surface area contributed by atoms with Crippen LogP contribution in [0.1, 0.15) is 28.0 Å². The van der Waals surface area contributed by atoms with Crippen molar-refractivity contribution in [2.45, 2.75) is 12.6 Å². The maximum Gasteiger partial charge on any atom is 0.433 e. The van der Waals surface area contributed by atoms with Gasteiger partial charge >= 0.3 is 6.18 Å². The maximum absolute atomic E-state index is 13.1. The van der Waals surface area contributed by atoms with Gasteiger partial charge in [-0.25, -0.2) is 10.0 Å². The third-order valence-electron chi connectivity index (χ3n) is 4.52. The lowest BCUT2D eigenvalue weighted by atomic mass is 10.1. The van der Waals surface area contributed by atoms with Crippen LogP contribution >= 0.6 is 0 Å². The van der Waals surface area contributed by atoms with Crippen LogP contribution < -0.4 is 9.47 Å². The molecule has 30 heavy (non-hydrogen) atoms. The second-order valence-corrected chi connectivity index (χ2v) is 6.34. The molecular weight excluding hydrogens is 405 g/mol. The minimum absolute atomic E-state index is 0.114. The molecule has 11 heteroatoms. The molecule has 0 spiro atoms. The average molecular weight is 424 g/mol. The minimum Gasteiger partial charge on any atom is -0.497 e. The molecule has 2 amide bonds. The summed E-state index contributed by atoms with van der Waals surface area (Å²) in [6.45, 7) is 0.312. The van der Waals surface area contributed by atoms with Gasteiger partial charge in [0.2, 0.25) is 0 Å². The van der Waals surface area contributed by atoms with Crippen molar-refractivity contribution in [3.05, 3.63) is 47.3 Å². The summed E-state index contributed by atoms with van der Waals surface area (Å²) in [6, 6.07) is 5.03. The Bertz CT molecular complexity index is 971. The fourth-order valence-corrected chi connectivity index (χ4v) is 3.07. The number of carbonyl (C=O) groups is 2. The summed E-state index contributed by atoms with van der Waals surface area (Å²) in [4.78, 5) is 25.3. The zero-order chi connectivity index (χ0) is 21.9. The van der Waals surface area contributed by atoms with Crippen LogP contribution in [0.15, 0.2) is 30.5 Å². The SMILES string of the molecule is COc1ccc(OC)c(/C=C/C(=O)N2CCCN2C(=O)c2cn[nH]c2C(F)(F)F)c1. The molecule has 0 radical (unpaired) electrons. The van der Waals surface area contributed by atoms with E-state index in [0.717, 1.165) is 16.2 Å². The van der Waals surface area contributed by atoms with Gasteiger partial charge in [0, 0.05) is 24.7 Å². The smallest absolute Gasteiger partial charge is 0.433 e. The maximum atomic E-state index is 13.1. The third kappa shape index (κ3) is 4.24. The zero-order valence-corrected chi connectivity index (χ0v) is 16.2. The Hall–Kier alpha value is -3.50. The summed E-state index contributed by atoms with van der Waals surface area (Å²) in [5.74, 6) is -0.444. The number of nitrogens with zero attached hydrogens (tertiary/aromatic N) is 3. The molecule has 0 saturated carbocycles. The number of alkyl halides is 3. The van der Waals surface area contributed by atoms with Crippen molar-refractivity contribution in [2.24, 2.45) is 0 Å². The molecule has 1 aliphatic rings. The van der Waals surface area contributed by atoms with Crippen molar-refractivity contribution in [2.75, 3.05) is 27.3 Å². The zero-order valence-electron chi connectivity index (χ0n) is 16.2. The molecule has 2 aromatic rings. The van der Waals surface area contributed by atoms with Crippen molar-refractivity contribution in [1.29, 1.82) is 0 Å². The number of hydrogen-bond acceptors (Lipinski definition) is 5. The van der Waals surface area contributed by atoms with Crippen LogP contribution in [0.2, 0.25) is 0 Å². The van der Waals surface area contributed by atoms with E-state index in [1.54, 1.807) is 23.3 Å². The molecule has 160 valence electrons. The van der Waals surface area contributed by atoms with Crippen LogP contribution in [-0.4, -0.2) is 59.3 Å². The lowest BCUT2D eigenvalue weighted by molar-refractivity contribution is -0.141. The van der Waals surface area contributed by atoms with Crippen LogP contribution in [0.25, 0.3) is 6.08 Å². The highest BCUT2D eigenvalue weighted by Gasteiger charge is 2.40. The average Bonchev–Trinajstić information content (AvgIpc) is 3.40. The first-order valence-corrected chi connectivity index (χ1v) is 8.90. The van der Waals surface area contributed by atoms with Gasteiger partial charge in [-0.05, 0) is 30.7 Å². The van der Waals surface area contributed by atoms with Crippen LogP contribution in [0.5, 0.6) is 11.5 Å². The largest absolute Gasteiger partial charge is 0.497 e. The lowest BCUT2D eigenvalue weighted by Crippen LogP contribution is -2.44. The molecule has 0 unspecified atom stereocenters. The summed E-state index contributed by atoms with van der Waals surface area (Å²) < 4.78 is 49.6. The summed E-state index contributed by atoms with van der Waals surface area (Å²) in [7, 11) is 2.98. The third-order valence-corrected chi connectivity index (χ3v) is 4.52. The molecule has 0 atom stereocenters. The molecule has 8 nitrogen and oxygen atoms in total. The van der Waals surface area contributed by atoms with Gasteiger partial charge in [0.25, 0.3) is 11.8 Å². The molecule has 1 aliphatic heterocycles. The molecule has 1 N–H and O–H groups in total. The summed E-state index contributed by atoms with van der Waals surface area (Å²) in [5.41, 5.74) is -1.32. The fraction of sp³-hybridized carbons (Fsp3) is 0.316. The highest BCUT2D eigenvalue weighted by Crippen LogP contribution is 2.31. The lowest BCUT2D eigenvalue weighted by Gasteiger charge is -2.27. The second-order valence-electron chi connectivity index (χ2n) is 6.34. The number of hydrogen-bond donors (Lipinski definition) is 1. The number of halogens is 3. The van der Waals surface area contributed by atoms with Crippen molar-refractivity contribution < 1.29 is 32.2 Å². The monoisotopic (exact) mass is 424 g/mol. The number of carbonyl (C=O) groups excluding carboxylic acids is 2. The van der Waals surface area contributed by atoms with E-state index in [1.807, 2.05) is 0 Å². The molecule has 3 rings (SSSR count). The Morgan fingerprint density at radius 1 is 1.17 bits per heavy atom. The first-order chi connectivity index (χ1) is 14.3. The van der Waals surface area contributed by atoms with Gasteiger partial charge in [-0.15, -0.1) is 0 Å². The molecule has 1 fully saturated rings. The van der Waals surface area contributed by atoms with Gasteiger partial charge in [-0.2, -0.15) is 18.3 Å². The number of amides is 2. The molecule has 1 aromatic heterocycles. The van der Waals surface area contributed by atoms with E-state index in [-0.39, 0.29) is 13.1 Å². The van der Waals surface area contributed by atoms with Gasteiger partial charge in [0.05, 0.1) is 26.0 Å². The summed E-state index contributed by atoms with van der Waals surface area (Å²) in [5, 5.41) is 7.23. The van der Waals surface area contributed by atoms with E-state index in [4.69, 9.17) is 9.47 Å². The van der Waals surface area contributed by atoms with Gasteiger partial charge < -0.3 is 9.47 Å². The second kappa shape index (κ2) is 8.47. The van der Waals surface area contributed by atoms with Crippen molar-refractivity contribution in [1.82, 2.24) is 20.2 Å². The Kier molecular flexibility index (Phi) is 5.99. The van der Waals surface area contributed by atoms with E-state index in [1.165, 1.54) is 26.4 Å². The number of aromatic nitrogens is 2. The predicted octanol–water partition coefficient (Wildman–Crippen LogP) is 2.75. The van der Waals surface area contributed by atoms with E-state index in [0.29, 0.717) is 23.5 Å². The number of ether oxygens (including phenoxy) is 2. The van der Waals surface area contributed by atoms with Gasteiger partial charge in [-0.3, -0.25) is 14.7 Å². The number of benzene rings is 1. The molecule has 1 aromatic carbocycles. The van der Waals surface area contributed by atoms with E-state index in [9.17, 15) is 22.8 Å². The van der Waals surface area contributed by atoms with E-state index in [2.05, 4.69) is 5.10 Å². The summed E-state index contributed by atoms with van der Waals surface area (Å²) in [6.07, 6.45) is -0.804. The fourth-order valence-electron chi connectivity index (χ4n) is 3.07. The standard InChI is InChI=1S/C19H19F3N4O4/c1-29-13-5-6-15(30-2)12(10-13)4-7-16(27)25-8-3-9-26(25)18(28)14-11-23-24-17(14)19(20,21)22/h4-7,10-11H,3,8-9H2,1-2H3,(H,23,24)/b7-4+. The van der Waals surface area contributed by atoms with E-state index < -0.39 is 29.2 Å². The number of methoxy groups -OCH3 is 2. The molecule has 0 bridgehead atoms. The van der Waals surface area contributed by atoms with Gasteiger partial charge in [0.15, 0.2) is 5.69 Å². The Morgan fingerprint density at radius 2 is 1.90 bits per heavy atom. The first kappa shape index (κ1) is 21.2. The van der Waals surface area contributed by atoms with Crippen LogP contribution in [0, 0.1) is 0 Å². The highest BCUT2D eigenvalue weighted by molar-refractivity contribution is 5.99. The quantitative estimate of drug-likeness (QED) is 0.746. The summed E-state index contributed by atoms with van der Waals surface area (Å²) >= 11 is 0. The molecular formula is C19H19F3N4O4. The molecule has 2 heterocycles. The van der Waals surface area contributed by atoms with Crippen molar-refractivity contribution in [3.63, 3.8) is 0 Å². The minimum atomic E-state index is -4.77. The Labute approximate surface area is 169 Å². The molecule has 0 aliphatic carbocycles. The number of rotatable bonds is 5. The van der Waals surface area contributed by atoms with E-state index >= 15 is 0 Å². The van der Waals surface area contributed by atoms with Gasteiger partial charge in [-0.1, -0.05) is 0 Å². The van der Waals surface area contributed by atoms with Crippen molar-refractivity contribution in [3.8, 4) is 11.5 Å². The number of H-pyrrole nitrogens is 1. The Balaban J connectivity index is 1.81.